The van der Waals surface area contributed by atoms with Crippen LogP contribution < -0.4 is 15.5 Å². The van der Waals surface area contributed by atoms with Crippen LogP contribution in [0.4, 0.5) is 5.69 Å². The molecular weight excluding hydrogens is 441 g/mol. The van der Waals surface area contributed by atoms with Gasteiger partial charge < -0.3 is 20.4 Å². The van der Waals surface area contributed by atoms with E-state index in [4.69, 9.17) is 4.99 Å². The minimum atomic E-state index is 0. The maximum atomic E-state index is 11.5. The van der Waals surface area contributed by atoms with Crippen LogP contribution in [0.2, 0.25) is 0 Å². The summed E-state index contributed by atoms with van der Waals surface area (Å²) in [7, 11) is 2.08. The highest BCUT2D eigenvalue weighted by molar-refractivity contribution is 14.0. The lowest BCUT2D eigenvalue weighted by Gasteiger charge is -2.28. The molecule has 146 valence electrons. The summed E-state index contributed by atoms with van der Waals surface area (Å²) in [4.78, 5) is 20.5. The Bertz CT molecular complexity index is 576. The van der Waals surface area contributed by atoms with Gasteiger partial charge in [0, 0.05) is 38.9 Å². The lowest BCUT2D eigenvalue weighted by atomic mass is 10.2. The number of rotatable bonds is 7. The van der Waals surface area contributed by atoms with Crippen molar-refractivity contribution in [1.82, 2.24) is 15.5 Å². The van der Waals surface area contributed by atoms with Crippen LogP contribution in [-0.2, 0) is 11.3 Å². The van der Waals surface area contributed by atoms with Crippen LogP contribution in [0.3, 0.4) is 0 Å². The number of guanidine groups is 1. The minimum absolute atomic E-state index is 0. The van der Waals surface area contributed by atoms with E-state index in [1.54, 1.807) is 0 Å². The van der Waals surface area contributed by atoms with E-state index in [0.717, 1.165) is 31.3 Å². The number of carbonyl (C=O) groups excluding carboxylic acids is 1. The minimum Gasteiger partial charge on any atom is -0.360 e. The van der Waals surface area contributed by atoms with Crippen molar-refractivity contribution in [3.63, 3.8) is 0 Å². The normalized spacial score (nSPS) is 14.5. The summed E-state index contributed by atoms with van der Waals surface area (Å²) < 4.78 is 0. The quantitative estimate of drug-likeness (QED) is 0.363. The Labute approximate surface area is 174 Å². The molecule has 1 aliphatic heterocycles. The molecule has 0 saturated carbocycles. The molecule has 0 radical (unpaired) electrons. The lowest BCUT2D eigenvalue weighted by molar-refractivity contribution is -0.120. The van der Waals surface area contributed by atoms with Crippen LogP contribution in [0.15, 0.2) is 29.3 Å². The molecule has 2 rings (SSSR count). The number of amides is 1. The number of nitrogens with one attached hydrogen (secondary N) is 2. The third kappa shape index (κ3) is 7.01. The van der Waals surface area contributed by atoms with Gasteiger partial charge in [-0.2, -0.15) is 0 Å². The average molecular weight is 473 g/mol. The van der Waals surface area contributed by atoms with Crippen molar-refractivity contribution in [2.45, 2.75) is 33.2 Å². The van der Waals surface area contributed by atoms with Gasteiger partial charge in [0.15, 0.2) is 5.96 Å². The third-order valence-electron chi connectivity index (χ3n) is 4.29. The molecule has 0 aliphatic carbocycles. The molecule has 0 aromatic heterocycles. The number of hydrogen-bond acceptors (Lipinski definition) is 3. The van der Waals surface area contributed by atoms with Crippen molar-refractivity contribution in [1.29, 1.82) is 0 Å². The fourth-order valence-electron chi connectivity index (χ4n) is 2.81. The van der Waals surface area contributed by atoms with E-state index in [1.165, 1.54) is 18.4 Å². The second-order valence-corrected chi connectivity index (χ2v) is 6.38. The van der Waals surface area contributed by atoms with E-state index in [-0.39, 0.29) is 29.9 Å². The number of halogens is 1. The van der Waals surface area contributed by atoms with Crippen molar-refractivity contribution in [2.24, 2.45) is 4.99 Å². The van der Waals surface area contributed by atoms with Gasteiger partial charge in [-0.25, -0.2) is 4.99 Å². The summed E-state index contributed by atoms with van der Waals surface area (Å²) in [6.45, 7) is 8.82. The van der Waals surface area contributed by atoms with Gasteiger partial charge in [-0.3, -0.25) is 4.79 Å². The molecule has 6 nitrogen and oxygen atoms in total. The number of aliphatic imine (C=N–C) groups is 1. The second-order valence-electron chi connectivity index (χ2n) is 6.38. The Kier molecular flexibility index (Phi) is 10.4. The van der Waals surface area contributed by atoms with Crippen LogP contribution in [0, 0.1) is 0 Å². The molecule has 1 fully saturated rings. The Morgan fingerprint density at radius 1 is 1.31 bits per heavy atom. The first-order chi connectivity index (χ1) is 12.1. The number of anilines is 1. The summed E-state index contributed by atoms with van der Waals surface area (Å²) in [5, 5.41) is 6.21. The van der Waals surface area contributed by atoms with E-state index < -0.39 is 0 Å². The van der Waals surface area contributed by atoms with E-state index in [9.17, 15) is 4.79 Å². The Morgan fingerprint density at radius 3 is 2.65 bits per heavy atom. The summed E-state index contributed by atoms with van der Waals surface area (Å²) in [5.74, 6) is 1.04. The molecule has 1 heterocycles. The van der Waals surface area contributed by atoms with Crippen LogP contribution >= 0.6 is 24.0 Å². The topological polar surface area (TPSA) is 60.0 Å². The first-order valence-corrected chi connectivity index (χ1v) is 9.24. The predicted molar refractivity (Wildman–Crippen MR) is 119 cm³/mol. The Balaban J connectivity index is 0.00000338. The van der Waals surface area contributed by atoms with Crippen molar-refractivity contribution < 1.29 is 4.79 Å². The van der Waals surface area contributed by atoms with E-state index >= 15 is 0 Å². The van der Waals surface area contributed by atoms with Gasteiger partial charge in [0.25, 0.3) is 0 Å². The molecule has 1 amide bonds. The fraction of sp³-hybridized carbons (Fsp3) is 0.579. The zero-order valence-electron chi connectivity index (χ0n) is 16.1. The first-order valence-electron chi connectivity index (χ1n) is 9.24. The lowest BCUT2D eigenvalue weighted by Crippen LogP contribution is -2.47. The van der Waals surface area contributed by atoms with Crippen LogP contribution in [-0.4, -0.2) is 56.5 Å². The average Bonchev–Trinajstić information content (AvgIpc) is 2.63. The van der Waals surface area contributed by atoms with E-state index in [2.05, 4.69) is 65.6 Å². The number of unbranched alkanes of at least 4 members (excludes halogenated alkanes) is 1. The Morgan fingerprint density at radius 2 is 2.04 bits per heavy atom. The molecule has 1 saturated heterocycles. The van der Waals surface area contributed by atoms with E-state index in [1.807, 2.05) is 0 Å². The molecule has 1 aromatic rings. The van der Waals surface area contributed by atoms with Gasteiger partial charge in [-0.05, 0) is 31.0 Å². The summed E-state index contributed by atoms with van der Waals surface area (Å²) >= 11 is 0. The molecule has 0 spiro atoms. The standard InChI is InChI=1S/C19H31N5O.HI/c1-4-6-12-23(3)19(20-5-2)22-14-16-7-9-17(10-8-16)24-13-11-21-18(25)15-24;/h7-10H,4-6,11-15H2,1-3H3,(H,20,22)(H,21,25);1H. The van der Waals surface area contributed by atoms with E-state index in [0.29, 0.717) is 19.6 Å². The SMILES string of the molecule is CCCCN(C)C(=NCc1ccc(N2CCNC(=O)C2)cc1)NCC.I. The molecule has 2 N–H and O–H groups in total. The molecule has 26 heavy (non-hydrogen) atoms. The number of carbonyl (C=O) groups is 1. The molecule has 0 unspecified atom stereocenters. The zero-order chi connectivity index (χ0) is 18.1. The van der Waals surface area contributed by atoms with Gasteiger partial charge in [0.1, 0.15) is 0 Å². The number of nitrogens with zero attached hydrogens (tertiary/aromatic N) is 3. The van der Waals surface area contributed by atoms with Crippen LogP contribution in [0.5, 0.6) is 0 Å². The molecule has 1 aromatic carbocycles. The maximum Gasteiger partial charge on any atom is 0.239 e. The monoisotopic (exact) mass is 473 g/mol. The van der Waals surface area contributed by atoms with Crippen molar-refractivity contribution in [2.75, 3.05) is 44.7 Å². The van der Waals surface area contributed by atoms with Gasteiger partial charge in [-0.15, -0.1) is 24.0 Å². The highest BCUT2D eigenvalue weighted by Gasteiger charge is 2.16. The Hall–Kier alpha value is -1.51. The van der Waals surface area contributed by atoms with Gasteiger partial charge in [-0.1, -0.05) is 25.5 Å². The largest absolute Gasteiger partial charge is 0.360 e. The number of benzene rings is 1. The van der Waals surface area contributed by atoms with Crippen molar-refractivity contribution >= 4 is 41.5 Å². The predicted octanol–water partition coefficient (Wildman–Crippen LogP) is 2.44. The van der Waals surface area contributed by atoms with Crippen LogP contribution in [0.1, 0.15) is 32.3 Å². The highest BCUT2D eigenvalue weighted by Crippen LogP contribution is 2.16. The van der Waals surface area contributed by atoms with Crippen LogP contribution in [0.25, 0.3) is 0 Å². The van der Waals surface area contributed by atoms with Crippen molar-refractivity contribution in [3.8, 4) is 0 Å². The zero-order valence-corrected chi connectivity index (χ0v) is 18.5. The van der Waals surface area contributed by atoms with Gasteiger partial charge in [0.2, 0.25) is 5.91 Å². The first kappa shape index (κ1) is 22.5. The highest BCUT2D eigenvalue weighted by atomic mass is 127. The molecule has 7 heteroatoms. The van der Waals surface area contributed by atoms with Gasteiger partial charge in [0.05, 0.1) is 13.1 Å². The second kappa shape index (κ2) is 12.0. The number of piperazine rings is 1. The molecular formula is C19H32IN5O. The third-order valence-corrected chi connectivity index (χ3v) is 4.29. The number of hydrogen-bond donors (Lipinski definition) is 2. The molecule has 0 atom stereocenters. The molecule has 1 aliphatic rings. The smallest absolute Gasteiger partial charge is 0.239 e. The maximum absolute atomic E-state index is 11.5. The summed E-state index contributed by atoms with van der Waals surface area (Å²) in [5.41, 5.74) is 2.26. The molecule has 0 bridgehead atoms. The van der Waals surface area contributed by atoms with Crippen molar-refractivity contribution in [3.05, 3.63) is 29.8 Å². The fourth-order valence-corrected chi connectivity index (χ4v) is 2.81. The van der Waals surface area contributed by atoms with Gasteiger partial charge >= 0.3 is 0 Å². The summed E-state index contributed by atoms with van der Waals surface area (Å²) in [6.07, 6.45) is 2.35. The summed E-state index contributed by atoms with van der Waals surface area (Å²) in [6, 6.07) is 8.36.